The number of aromatic nitrogens is 1. The molecule has 0 amide bonds. The minimum atomic E-state index is -4.58. The molecule has 1 aliphatic rings. The molecule has 0 bridgehead atoms. The molecule has 1 fully saturated rings. The molecule has 25 heavy (non-hydrogen) atoms. The lowest BCUT2D eigenvalue weighted by atomic mass is 10.1. The number of nitrogens with zero attached hydrogens (tertiary/aromatic N) is 2. The van der Waals surface area contributed by atoms with Crippen LogP contribution in [-0.2, 0) is 22.0 Å². The smallest absolute Gasteiger partial charge is 0.248 e. The number of rotatable bonds is 4. The molecule has 0 N–H and O–H groups in total. The summed E-state index contributed by atoms with van der Waals surface area (Å²) in [6.45, 7) is 0.306. The minimum absolute atomic E-state index is 0.224. The Morgan fingerprint density at radius 1 is 1.24 bits per heavy atom. The SMILES string of the molecule is O=S(=O)(Cc1ccccc1C(F)(F)F)N1CCCC[C@@H]1c1nccs1. The van der Waals surface area contributed by atoms with Crippen molar-refractivity contribution in [1.82, 2.24) is 9.29 Å². The normalized spacial score (nSPS) is 19.9. The molecular weight excluding hydrogens is 373 g/mol. The van der Waals surface area contributed by atoms with Gasteiger partial charge in [0.1, 0.15) is 5.01 Å². The standard InChI is InChI=1S/C16H17F3N2O2S2/c17-16(18,19)13-6-2-1-5-12(13)11-25(22,23)21-9-4-3-7-14(21)15-20-8-10-24-15/h1-2,5-6,8,10,14H,3-4,7,9,11H2/t14-/m1/s1. The Bertz CT molecular complexity index is 820. The van der Waals surface area contributed by atoms with Gasteiger partial charge in [0.15, 0.2) is 0 Å². The van der Waals surface area contributed by atoms with Crippen molar-refractivity contribution in [2.24, 2.45) is 0 Å². The molecule has 0 spiro atoms. The van der Waals surface area contributed by atoms with Crippen molar-refractivity contribution in [1.29, 1.82) is 0 Å². The van der Waals surface area contributed by atoms with E-state index in [-0.39, 0.29) is 5.56 Å². The third kappa shape index (κ3) is 4.04. The fourth-order valence-electron chi connectivity index (χ4n) is 3.09. The van der Waals surface area contributed by atoms with E-state index in [1.54, 1.807) is 11.6 Å². The summed E-state index contributed by atoms with van der Waals surface area (Å²) in [6, 6.07) is 4.44. The van der Waals surface area contributed by atoms with Crippen molar-refractivity contribution in [3.63, 3.8) is 0 Å². The van der Waals surface area contributed by atoms with E-state index >= 15 is 0 Å². The molecule has 1 atom stereocenters. The molecule has 1 aromatic heterocycles. The summed E-state index contributed by atoms with van der Waals surface area (Å²) in [5.41, 5.74) is -1.13. The highest BCUT2D eigenvalue weighted by molar-refractivity contribution is 7.88. The molecule has 0 saturated carbocycles. The van der Waals surface area contributed by atoms with Crippen LogP contribution in [0.5, 0.6) is 0 Å². The van der Waals surface area contributed by atoms with Gasteiger partial charge in [-0.15, -0.1) is 11.3 Å². The van der Waals surface area contributed by atoms with Crippen LogP contribution in [0.2, 0.25) is 0 Å². The predicted molar refractivity (Wildman–Crippen MR) is 89.5 cm³/mol. The van der Waals surface area contributed by atoms with Gasteiger partial charge in [-0.2, -0.15) is 17.5 Å². The van der Waals surface area contributed by atoms with Crippen LogP contribution in [0.3, 0.4) is 0 Å². The van der Waals surface area contributed by atoms with Crippen molar-refractivity contribution >= 4 is 21.4 Å². The summed E-state index contributed by atoms with van der Waals surface area (Å²) in [5.74, 6) is -0.662. The quantitative estimate of drug-likeness (QED) is 0.785. The zero-order valence-electron chi connectivity index (χ0n) is 13.2. The van der Waals surface area contributed by atoms with Crippen molar-refractivity contribution in [2.45, 2.75) is 37.2 Å². The lowest BCUT2D eigenvalue weighted by Gasteiger charge is -2.33. The average Bonchev–Trinajstić information content (AvgIpc) is 3.08. The number of benzene rings is 1. The van der Waals surface area contributed by atoms with E-state index in [9.17, 15) is 21.6 Å². The van der Waals surface area contributed by atoms with Gasteiger partial charge in [-0.3, -0.25) is 0 Å². The maximum atomic E-state index is 13.1. The van der Waals surface area contributed by atoms with Gasteiger partial charge < -0.3 is 0 Å². The molecule has 136 valence electrons. The molecule has 2 heterocycles. The molecule has 0 radical (unpaired) electrons. The van der Waals surface area contributed by atoms with Crippen LogP contribution >= 0.6 is 11.3 Å². The summed E-state index contributed by atoms with van der Waals surface area (Å²) in [5, 5.41) is 2.46. The van der Waals surface area contributed by atoms with Gasteiger partial charge in [0.25, 0.3) is 0 Å². The Morgan fingerprint density at radius 3 is 2.68 bits per heavy atom. The number of sulfonamides is 1. The maximum Gasteiger partial charge on any atom is 0.416 e. The molecule has 3 rings (SSSR count). The van der Waals surface area contributed by atoms with Gasteiger partial charge in [-0.25, -0.2) is 13.4 Å². The van der Waals surface area contributed by atoms with E-state index < -0.39 is 33.6 Å². The number of alkyl halides is 3. The van der Waals surface area contributed by atoms with Gasteiger partial charge in [-0.1, -0.05) is 24.6 Å². The summed E-state index contributed by atoms with van der Waals surface area (Å²) in [7, 11) is -3.89. The van der Waals surface area contributed by atoms with Crippen molar-refractivity contribution in [2.75, 3.05) is 6.54 Å². The van der Waals surface area contributed by atoms with Gasteiger partial charge in [0.05, 0.1) is 17.4 Å². The first-order valence-electron chi connectivity index (χ1n) is 7.83. The third-order valence-corrected chi connectivity index (χ3v) is 6.91. The zero-order chi connectivity index (χ0) is 18.1. The highest BCUT2D eigenvalue weighted by atomic mass is 32.2. The number of halogens is 3. The Kier molecular flexibility index (Phi) is 5.17. The van der Waals surface area contributed by atoms with E-state index in [2.05, 4.69) is 4.98 Å². The van der Waals surface area contributed by atoms with Crippen molar-refractivity contribution in [3.8, 4) is 0 Å². The van der Waals surface area contributed by atoms with E-state index in [0.717, 1.165) is 12.5 Å². The van der Waals surface area contributed by atoms with Crippen LogP contribution in [-0.4, -0.2) is 24.3 Å². The number of hydrogen-bond donors (Lipinski definition) is 0. The summed E-state index contributed by atoms with van der Waals surface area (Å²) in [6.07, 6.45) is -0.772. The summed E-state index contributed by atoms with van der Waals surface area (Å²) >= 11 is 1.37. The highest BCUT2D eigenvalue weighted by Crippen LogP contribution is 2.37. The van der Waals surface area contributed by atoms with Crippen LogP contribution in [0.4, 0.5) is 13.2 Å². The molecule has 2 aromatic rings. The Labute approximate surface area is 148 Å². The lowest BCUT2D eigenvalue weighted by Crippen LogP contribution is -2.39. The molecule has 1 saturated heterocycles. The van der Waals surface area contributed by atoms with E-state index in [1.807, 2.05) is 0 Å². The van der Waals surface area contributed by atoms with E-state index in [1.165, 1.54) is 33.8 Å². The Hall–Kier alpha value is -1.45. The molecule has 4 nitrogen and oxygen atoms in total. The Balaban J connectivity index is 1.91. The monoisotopic (exact) mass is 390 g/mol. The molecule has 1 aromatic carbocycles. The van der Waals surface area contributed by atoms with Crippen LogP contribution in [0.25, 0.3) is 0 Å². The topological polar surface area (TPSA) is 50.3 Å². The molecular formula is C16H17F3N2O2S2. The first-order chi connectivity index (χ1) is 11.8. The Morgan fingerprint density at radius 2 is 2.00 bits per heavy atom. The van der Waals surface area contributed by atoms with Crippen LogP contribution in [0.1, 0.15) is 41.4 Å². The van der Waals surface area contributed by atoms with Crippen LogP contribution in [0.15, 0.2) is 35.8 Å². The number of hydrogen-bond acceptors (Lipinski definition) is 4. The van der Waals surface area contributed by atoms with Gasteiger partial charge in [-0.05, 0) is 24.5 Å². The maximum absolute atomic E-state index is 13.1. The second-order valence-corrected chi connectivity index (χ2v) is 8.75. The molecule has 0 aliphatic carbocycles. The van der Waals surface area contributed by atoms with Gasteiger partial charge >= 0.3 is 6.18 Å². The van der Waals surface area contributed by atoms with Crippen LogP contribution in [0, 0.1) is 0 Å². The van der Waals surface area contributed by atoms with Gasteiger partial charge in [0, 0.05) is 18.1 Å². The van der Waals surface area contributed by atoms with Crippen LogP contribution < -0.4 is 0 Å². The first kappa shape index (κ1) is 18.3. The predicted octanol–water partition coefficient (Wildman–Crippen LogP) is 4.22. The van der Waals surface area contributed by atoms with Gasteiger partial charge in [0.2, 0.25) is 10.0 Å². The first-order valence-corrected chi connectivity index (χ1v) is 10.3. The zero-order valence-corrected chi connectivity index (χ0v) is 14.9. The second-order valence-electron chi connectivity index (χ2n) is 5.90. The summed E-state index contributed by atoms with van der Waals surface area (Å²) in [4.78, 5) is 4.20. The number of thiazole rings is 1. The third-order valence-electron chi connectivity index (χ3n) is 4.21. The van der Waals surface area contributed by atoms with Crippen molar-refractivity contribution in [3.05, 3.63) is 52.0 Å². The summed E-state index contributed by atoms with van der Waals surface area (Å²) < 4.78 is 66.5. The lowest BCUT2D eigenvalue weighted by molar-refractivity contribution is -0.138. The fourth-order valence-corrected chi connectivity index (χ4v) is 5.75. The van der Waals surface area contributed by atoms with E-state index in [0.29, 0.717) is 24.4 Å². The minimum Gasteiger partial charge on any atom is -0.248 e. The average molecular weight is 390 g/mol. The molecule has 9 heteroatoms. The largest absolute Gasteiger partial charge is 0.416 e. The number of piperidine rings is 1. The molecule has 1 aliphatic heterocycles. The highest BCUT2D eigenvalue weighted by Gasteiger charge is 2.38. The van der Waals surface area contributed by atoms with Crippen molar-refractivity contribution < 1.29 is 21.6 Å². The molecule has 0 unspecified atom stereocenters. The van der Waals surface area contributed by atoms with E-state index in [4.69, 9.17) is 0 Å². The fraction of sp³-hybridized carbons (Fsp3) is 0.438. The second kappa shape index (κ2) is 7.05.